The van der Waals surface area contributed by atoms with Crippen molar-refractivity contribution in [1.82, 2.24) is 4.90 Å². The molecule has 4 atom stereocenters. The molecule has 0 radical (unpaired) electrons. The van der Waals surface area contributed by atoms with Crippen LogP contribution >= 0.6 is 0 Å². The van der Waals surface area contributed by atoms with Gasteiger partial charge in [-0.1, -0.05) is 13.0 Å². The van der Waals surface area contributed by atoms with Gasteiger partial charge in [-0.3, -0.25) is 9.59 Å². The summed E-state index contributed by atoms with van der Waals surface area (Å²) in [5, 5.41) is 9.66. The number of anilines is 1. The highest BCUT2D eigenvalue weighted by atomic mass is 19.3. The summed E-state index contributed by atoms with van der Waals surface area (Å²) in [4.78, 5) is 27.2. The van der Waals surface area contributed by atoms with Gasteiger partial charge in [0, 0.05) is 26.1 Å². The quantitative estimate of drug-likeness (QED) is 0.790. The monoisotopic (exact) mass is 402 g/mol. The maximum absolute atomic E-state index is 14.2. The molecule has 9 heteroatoms. The van der Waals surface area contributed by atoms with E-state index in [1.165, 1.54) is 24.1 Å². The van der Waals surface area contributed by atoms with E-state index in [1.54, 1.807) is 19.9 Å². The van der Waals surface area contributed by atoms with E-state index in [9.17, 15) is 32.3 Å². The van der Waals surface area contributed by atoms with E-state index < -0.39 is 41.3 Å². The van der Waals surface area contributed by atoms with Crippen LogP contribution in [0.5, 0.6) is 0 Å². The molecule has 1 saturated heterocycles. The Labute approximate surface area is 159 Å². The molecule has 1 heterocycles. The summed E-state index contributed by atoms with van der Waals surface area (Å²) < 4.78 is 54.0. The lowest BCUT2D eigenvalue weighted by Gasteiger charge is -2.38. The highest BCUT2D eigenvalue weighted by Gasteiger charge is 2.87. The van der Waals surface area contributed by atoms with Crippen LogP contribution in [0, 0.1) is 24.6 Å². The number of amides is 2. The Bertz CT molecular complexity index is 818. The molecule has 1 aromatic carbocycles. The standard InChI is InChI=1S/C19H22F4N2O3/c1-10-4-5-14(13(20)8-10)24(3)15(26)12-6-7-25(9-11(12)2)17(27)18(28)16(21)19(18,22)23/h4-5,8,11-12,16,28H,6-7,9H2,1-3H3. The molecule has 3 rings (SSSR count). The summed E-state index contributed by atoms with van der Waals surface area (Å²) in [6, 6.07) is 4.49. The summed E-state index contributed by atoms with van der Waals surface area (Å²) in [6.07, 6.45) is -2.78. The molecule has 1 N–H and O–H groups in total. The summed E-state index contributed by atoms with van der Waals surface area (Å²) in [5.41, 5.74) is -2.48. The summed E-state index contributed by atoms with van der Waals surface area (Å²) in [7, 11) is 1.45. The average molecular weight is 402 g/mol. The Balaban J connectivity index is 1.68. The van der Waals surface area contributed by atoms with Gasteiger partial charge in [-0.05, 0) is 37.0 Å². The predicted molar refractivity (Wildman–Crippen MR) is 93.2 cm³/mol. The lowest BCUT2D eigenvalue weighted by atomic mass is 9.85. The van der Waals surface area contributed by atoms with Gasteiger partial charge in [-0.15, -0.1) is 0 Å². The molecule has 28 heavy (non-hydrogen) atoms. The fourth-order valence-corrected chi connectivity index (χ4v) is 3.79. The number of hydrogen-bond donors (Lipinski definition) is 1. The minimum absolute atomic E-state index is 0.0745. The largest absolute Gasteiger partial charge is 0.372 e. The van der Waals surface area contributed by atoms with Gasteiger partial charge in [0.2, 0.25) is 17.7 Å². The molecule has 1 aliphatic carbocycles. The van der Waals surface area contributed by atoms with Crippen molar-refractivity contribution in [3.8, 4) is 0 Å². The molecule has 0 aromatic heterocycles. The molecule has 5 nitrogen and oxygen atoms in total. The Morgan fingerprint density at radius 3 is 2.43 bits per heavy atom. The first-order valence-electron chi connectivity index (χ1n) is 9.00. The van der Waals surface area contributed by atoms with Crippen LogP contribution in [0.15, 0.2) is 18.2 Å². The number of carbonyl (C=O) groups is 2. The van der Waals surface area contributed by atoms with E-state index in [4.69, 9.17) is 0 Å². The molecule has 4 unspecified atom stereocenters. The minimum atomic E-state index is -4.09. The normalized spacial score (nSPS) is 31.4. The highest BCUT2D eigenvalue weighted by Crippen LogP contribution is 2.56. The number of halogens is 4. The number of nitrogens with zero attached hydrogens (tertiary/aromatic N) is 2. The van der Waals surface area contributed by atoms with E-state index in [1.807, 2.05) is 0 Å². The average Bonchev–Trinajstić information content (AvgIpc) is 3.04. The molecular formula is C19H22F4N2O3. The Morgan fingerprint density at radius 1 is 1.32 bits per heavy atom. The highest BCUT2D eigenvalue weighted by molar-refractivity contribution is 5.95. The van der Waals surface area contributed by atoms with Crippen LogP contribution in [0.4, 0.5) is 23.2 Å². The van der Waals surface area contributed by atoms with Gasteiger partial charge in [-0.25, -0.2) is 8.78 Å². The molecule has 0 spiro atoms. The SMILES string of the molecule is Cc1ccc(N(C)C(=O)C2CCN(C(=O)C3(O)C(F)C3(F)F)CC2C)c(F)c1. The van der Waals surface area contributed by atoms with Gasteiger partial charge in [0.05, 0.1) is 5.69 Å². The zero-order chi connectivity index (χ0) is 21.0. The molecule has 1 aliphatic heterocycles. The van der Waals surface area contributed by atoms with Gasteiger partial charge >= 0.3 is 5.92 Å². The number of piperidine rings is 1. The second-order valence-corrected chi connectivity index (χ2v) is 7.73. The van der Waals surface area contributed by atoms with Gasteiger partial charge < -0.3 is 14.9 Å². The van der Waals surface area contributed by atoms with Crippen molar-refractivity contribution < 1.29 is 32.3 Å². The summed E-state index contributed by atoms with van der Waals surface area (Å²) in [5.74, 6) is -7.35. The molecule has 2 aliphatic rings. The van der Waals surface area contributed by atoms with E-state index in [0.717, 1.165) is 4.90 Å². The van der Waals surface area contributed by atoms with Crippen molar-refractivity contribution in [2.24, 2.45) is 11.8 Å². The van der Waals surface area contributed by atoms with Crippen molar-refractivity contribution in [3.05, 3.63) is 29.6 Å². The van der Waals surface area contributed by atoms with Crippen LogP contribution in [-0.2, 0) is 9.59 Å². The minimum Gasteiger partial charge on any atom is -0.372 e. The van der Waals surface area contributed by atoms with E-state index in [-0.39, 0.29) is 31.1 Å². The van der Waals surface area contributed by atoms with Crippen molar-refractivity contribution in [1.29, 1.82) is 0 Å². The van der Waals surface area contributed by atoms with Crippen molar-refractivity contribution >= 4 is 17.5 Å². The Kier molecular flexibility index (Phi) is 4.94. The summed E-state index contributed by atoms with van der Waals surface area (Å²) in [6.45, 7) is 3.23. The number of likely N-dealkylation sites (tertiary alicyclic amines) is 1. The fraction of sp³-hybridized carbons (Fsp3) is 0.579. The van der Waals surface area contributed by atoms with Crippen LogP contribution < -0.4 is 4.90 Å². The zero-order valence-electron chi connectivity index (χ0n) is 15.8. The van der Waals surface area contributed by atoms with E-state index in [2.05, 4.69) is 0 Å². The topological polar surface area (TPSA) is 60.9 Å². The zero-order valence-corrected chi connectivity index (χ0v) is 15.8. The number of alkyl halides is 3. The number of benzene rings is 1. The first-order valence-corrected chi connectivity index (χ1v) is 9.00. The second-order valence-electron chi connectivity index (χ2n) is 7.73. The molecular weight excluding hydrogens is 380 g/mol. The van der Waals surface area contributed by atoms with Crippen LogP contribution in [0.2, 0.25) is 0 Å². The lowest BCUT2D eigenvalue weighted by molar-refractivity contribution is -0.153. The third kappa shape index (κ3) is 2.96. The van der Waals surface area contributed by atoms with Crippen LogP contribution in [-0.4, -0.2) is 59.7 Å². The number of aryl methyl sites for hydroxylation is 1. The van der Waals surface area contributed by atoms with Crippen LogP contribution in [0.25, 0.3) is 0 Å². The molecule has 2 fully saturated rings. The third-order valence-electron chi connectivity index (χ3n) is 5.74. The van der Waals surface area contributed by atoms with Gasteiger partial charge in [-0.2, -0.15) is 8.78 Å². The number of aliphatic hydroxyl groups is 1. The van der Waals surface area contributed by atoms with Crippen LogP contribution in [0.3, 0.4) is 0 Å². The Morgan fingerprint density at radius 2 is 1.93 bits per heavy atom. The number of rotatable bonds is 3. The Hall–Kier alpha value is -2.16. The van der Waals surface area contributed by atoms with Crippen molar-refractivity contribution in [3.63, 3.8) is 0 Å². The molecule has 1 saturated carbocycles. The summed E-state index contributed by atoms with van der Waals surface area (Å²) >= 11 is 0. The molecule has 1 aromatic rings. The molecule has 154 valence electrons. The smallest absolute Gasteiger partial charge is 0.322 e. The van der Waals surface area contributed by atoms with Crippen molar-refractivity contribution in [2.45, 2.75) is 38.0 Å². The number of hydrogen-bond acceptors (Lipinski definition) is 3. The maximum Gasteiger partial charge on any atom is 0.322 e. The third-order valence-corrected chi connectivity index (χ3v) is 5.74. The van der Waals surface area contributed by atoms with Gasteiger partial charge in [0.15, 0.2) is 0 Å². The van der Waals surface area contributed by atoms with E-state index >= 15 is 0 Å². The second kappa shape index (κ2) is 6.72. The predicted octanol–water partition coefficient (Wildman–Crippen LogP) is 2.30. The first-order chi connectivity index (χ1) is 12.9. The first kappa shape index (κ1) is 20.6. The van der Waals surface area contributed by atoms with Crippen molar-refractivity contribution in [2.75, 3.05) is 25.0 Å². The molecule has 2 amide bonds. The van der Waals surface area contributed by atoms with Gasteiger partial charge in [0.25, 0.3) is 5.91 Å². The number of carbonyl (C=O) groups excluding carboxylic acids is 2. The van der Waals surface area contributed by atoms with E-state index in [0.29, 0.717) is 5.56 Å². The lowest BCUT2D eigenvalue weighted by Crippen LogP contribution is -2.52. The molecule has 0 bridgehead atoms. The van der Waals surface area contributed by atoms with Crippen LogP contribution in [0.1, 0.15) is 18.9 Å². The maximum atomic E-state index is 14.2. The fourth-order valence-electron chi connectivity index (χ4n) is 3.79. The van der Waals surface area contributed by atoms with Gasteiger partial charge in [0.1, 0.15) is 5.82 Å².